The van der Waals surface area contributed by atoms with E-state index in [2.05, 4.69) is 4.98 Å². The van der Waals surface area contributed by atoms with Gasteiger partial charge in [0.2, 0.25) is 5.88 Å². The highest BCUT2D eigenvalue weighted by Crippen LogP contribution is 2.28. The molecule has 2 unspecified atom stereocenters. The number of carbonyl (C=O) groups is 1. The van der Waals surface area contributed by atoms with Crippen molar-refractivity contribution in [2.75, 3.05) is 30.4 Å². The molecule has 0 bridgehead atoms. The highest BCUT2D eigenvalue weighted by Gasteiger charge is 2.39. The summed E-state index contributed by atoms with van der Waals surface area (Å²) < 4.78 is 5.19. The molecule has 1 fully saturated rings. The van der Waals surface area contributed by atoms with Crippen LogP contribution in [0.2, 0.25) is 0 Å². The quantitative estimate of drug-likeness (QED) is 0.545. The van der Waals surface area contributed by atoms with Gasteiger partial charge in [0, 0.05) is 6.54 Å². The molecule has 20 heavy (non-hydrogen) atoms. The van der Waals surface area contributed by atoms with Crippen LogP contribution in [0.15, 0.2) is 12.1 Å². The van der Waals surface area contributed by atoms with Gasteiger partial charge in [0.1, 0.15) is 12.4 Å². The van der Waals surface area contributed by atoms with E-state index in [1.165, 1.54) is 4.90 Å². The molecule has 0 aromatic carbocycles. The van der Waals surface area contributed by atoms with E-state index in [1.807, 2.05) is 0 Å². The number of carboxylic acids is 1. The maximum Gasteiger partial charge on any atom is 0.329 e. The second-order valence-corrected chi connectivity index (χ2v) is 4.47. The largest absolute Gasteiger partial charge is 0.480 e. The Bertz CT molecular complexity index is 496. The van der Waals surface area contributed by atoms with Gasteiger partial charge in [-0.3, -0.25) is 0 Å². The van der Waals surface area contributed by atoms with Crippen LogP contribution in [-0.2, 0) is 4.79 Å². The van der Waals surface area contributed by atoms with Crippen molar-refractivity contribution in [3.8, 4) is 5.88 Å². The van der Waals surface area contributed by atoms with Crippen molar-refractivity contribution >= 4 is 17.5 Å². The molecule has 0 aliphatic carbocycles. The lowest BCUT2D eigenvalue weighted by atomic mass is 10.2. The molecular formula is C12H17N3O5. The number of aromatic nitrogens is 1. The van der Waals surface area contributed by atoms with Gasteiger partial charge in [0.05, 0.1) is 18.4 Å². The molecule has 2 atom stereocenters. The Hall–Kier alpha value is -2.06. The molecule has 2 rings (SSSR count). The van der Waals surface area contributed by atoms with E-state index in [-0.39, 0.29) is 19.1 Å². The summed E-state index contributed by atoms with van der Waals surface area (Å²) in [6.45, 7) is 0.256. The van der Waals surface area contributed by atoms with E-state index in [0.29, 0.717) is 24.5 Å². The lowest BCUT2D eigenvalue weighted by Gasteiger charge is -2.24. The number of ether oxygens (including phenoxy) is 1. The van der Waals surface area contributed by atoms with Crippen LogP contribution in [-0.4, -0.2) is 58.2 Å². The van der Waals surface area contributed by atoms with Crippen molar-refractivity contribution in [1.82, 2.24) is 4.98 Å². The van der Waals surface area contributed by atoms with Crippen LogP contribution in [0, 0.1) is 0 Å². The number of carboxylic acid groups (broad SMARTS) is 1. The maximum atomic E-state index is 11.2. The lowest BCUT2D eigenvalue weighted by Crippen LogP contribution is -2.42. The SMILES string of the molecule is Nc1ccc(N2CCC(O)C2C(=O)O)nc1OCCO. The number of pyridine rings is 1. The normalized spacial score (nSPS) is 22.0. The van der Waals surface area contributed by atoms with Crippen LogP contribution in [0.1, 0.15) is 6.42 Å². The molecule has 0 spiro atoms. The number of aliphatic hydroxyl groups excluding tert-OH is 2. The van der Waals surface area contributed by atoms with Crippen molar-refractivity contribution in [1.29, 1.82) is 0 Å². The van der Waals surface area contributed by atoms with Crippen molar-refractivity contribution in [2.45, 2.75) is 18.6 Å². The topological polar surface area (TPSA) is 129 Å². The Morgan fingerprint density at radius 2 is 2.30 bits per heavy atom. The zero-order valence-corrected chi connectivity index (χ0v) is 10.8. The second-order valence-electron chi connectivity index (χ2n) is 4.47. The standard InChI is InChI=1S/C12H17N3O5/c13-7-1-2-9(14-11(7)20-6-5-16)15-4-3-8(17)10(15)12(18)19/h1-2,8,10,16-17H,3-6,13H2,(H,18,19). The fourth-order valence-electron chi connectivity index (χ4n) is 2.19. The van der Waals surface area contributed by atoms with Crippen LogP contribution < -0.4 is 15.4 Å². The van der Waals surface area contributed by atoms with E-state index in [9.17, 15) is 9.90 Å². The zero-order chi connectivity index (χ0) is 14.7. The average molecular weight is 283 g/mol. The molecule has 0 amide bonds. The molecule has 110 valence electrons. The molecule has 0 saturated carbocycles. The van der Waals surface area contributed by atoms with E-state index in [0.717, 1.165) is 0 Å². The second kappa shape index (κ2) is 5.93. The summed E-state index contributed by atoms with van der Waals surface area (Å²) in [7, 11) is 0. The van der Waals surface area contributed by atoms with Gasteiger partial charge in [-0.1, -0.05) is 0 Å². The first-order valence-electron chi connectivity index (χ1n) is 6.22. The Morgan fingerprint density at radius 1 is 1.55 bits per heavy atom. The van der Waals surface area contributed by atoms with Crippen LogP contribution in [0.25, 0.3) is 0 Å². The van der Waals surface area contributed by atoms with E-state index in [4.69, 9.17) is 20.7 Å². The number of nitrogens with two attached hydrogens (primary N) is 1. The lowest BCUT2D eigenvalue weighted by molar-refractivity contribution is -0.140. The first kappa shape index (κ1) is 14.4. The molecule has 1 aromatic rings. The summed E-state index contributed by atoms with van der Waals surface area (Å²) in [4.78, 5) is 16.9. The first-order valence-corrected chi connectivity index (χ1v) is 6.22. The third-order valence-corrected chi connectivity index (χ3v) is 3.12. The van der Waals surface area contributed by atoms with Gasteiger partial charge in [0.25, 0.3) is 0 Å². The minimum Gasteiger partial charge on any atom is -0.480 e. The number of hydrogen-bond donors (Lipinski definition) is 4. The van der Waals surface area contributed by atoms with Crippen LogP contribution in [0.3, 0.4) is 0 Å². The number of aliphatic carboxylic acids is 1. The number of hydrogen-bond acceptors (Lipinski definition) is 7. The van der Waals surface area contributed by atoms with Gasteiger partial charge in [-0.15, -0.1) is 0 Å². The smallest absolute Gasteiger partial charge is 0.329 e. The predicted molar refractivity (Wildman–Crippen MR) is 70.6 cm³/mol. The highest BCUT2D eigenvalue weighted by atomic mass is 16.5. The number of aliphatic hydroxyl groups is 2. The fraction of sp³-hybridized carbons (Fsp3) is 0.500. The predicted octanol–water partition coefficient (Wildman–Crippen LogP) is -0.941. The minimum absolute atomic E-state index is 0.0473. The average Bonchev–Trinajstić information content (AvgIpc) is 2.80. The third-order valence-electron chi connectivity index (χ3n) is 3.12. The number of rotatable bonds is 5. The van der Waals surface area contributed by atoms with E-state index >= 15 is 0 Å². The summed E-state index contributed by atoms with van der Waals surface area (Å²) in [5.74, 6) is -0.593. The highest BCUT2D eigenvalue weighted by molar-refractivity contribution is 5.79. The van der Waals surface area contributed by atoms with Gasteiger partial charge in [0.15, 0.2) is 6.04 Å². The van der Waals surface area contributed by atoms with E-state index in [1.54, 1.807) is 12.1 Å². The Labute approximate surface area is 115 Å². The molecule has 1 saturated heterocycles. The Kier molecular flexibility index (Phi) is 4.26. The number of nitrogen functional groups attached to an aromatic ring is 1. The van der Waals surface area contributed by atoms with Gasteiger partial charge in [-0.25, -0.2) is 4.79 Å². The summed E-state index contributed by atoms with van der Waals surface area (Å²) in [6, 6.07) is 2.10. The van der Waals surface area contributed by atoms with Gasteiger partial charge < -0.3 is 30.7 Å². The van der Waals surface area contributed by atoms with Crippen molar-refractivity contribution in [2.24, 2.45) is 0 Å². The zero-order valence-electron chi connectivity index (χ0n) is 10.8. The molecule has 0 radical (unpaired) electrons. The van der Waals surface area contributed by atoms with E-state index < -0.39 is 18.1 Å². The summed E-state index contributed by atoms with van der Waals surface area (Å²) in [5, 5.41) is 27.6. The first-order chi connectivity index (χ1) is 9.54. The van der Waals surface area contributed by atoms with Crippen LogP contribution in [0.5, 0.6) is 5.88 Å². The van der Waals surface area contributed by atoms with Crippen molar-refractivity contribution in [3.05, 3.63) is 12.1 Å². The Morgan fingerprint density at radius 3 is 2.95 bits per heavy atom. The summed E-state index contributed by atoms with van der Waals surface area (Å²) in [5.41, 5.74) is 6.00. The molecule has 8 nitrogen and oxygen atoms in total. The molecule has 1 aliphatic rings. The maximum absolute atomic E-state index is 11.2. The van der Waals surface area contributed by atoms with Crippen LogP contribution >= 0.6 is 0 Å². The molecule has 2 heterocycles. The monoisotopic (exact) mass is 283 g/mol. The Balaban J connectivity index is 2.26. The minimum atomic E-state index is -1.11. The summed E-state index contributed by atoms with van der Waals surface area (Å²) >= 11 is 0. The molecule has 5 N–H and O–H groups in total. The van der Waals surface area contributed by atoms with Gasteiger partial charge in [-0.05, 0) is 18.6 Å². The summed E-state index contributed by atoms with van der Waals surface area (Å²) in [6.07, 6.45) is -0.579. The van der Waals surface area contributed by atoms with Gasteiger partial charge >= 0.3 is 5.97 Å². The molecule has 1 aromatic heterocycles. The molecule has 1 aliphatic heterocycles. The number of nitrogens with zero attached hydrogens (tertiary/aromatic N) is 2. The molecule has 8 heteroatoms. The molecular weight excluding hydrogens is 266 g/mol. The fourth-order valence-corrected chi connectivity index (χ4v) is 2.19. The van der Waals surface area contributed by atoms with Crippen molar-refractivity contribution < 1.29 is 24.9 Å². The van der Waals surface area contributed by atoms with Crippen molar-refractivity contribution in [3.63, 3.8) is 0 Å². The van der Waals surface area contributed by atoms with Crippen LogP contribution in [0.4, 0.5) is 11.5 Å². The third kappa shape index (κ3) is 2.75. The van der Waals surface area contributed by atoms with Gasteiger partial charge in [-0.2, -0.15) is 4.98 Å². The number of anilines is 2.